The number of carboxylic acid groups (broad SMARTS) is 1. The molecular weight excluding hydrogens is 264 g/mol. The largest absolute Gasteiger partial charge is 0.480 e. The fourth-order valence-corrected chi connectivity index (χ4v) is 1.69. The van der Waals surface area contributed by atoms with Crippen molar-refractivity contribution in [2.24, 2.45) is 0 Å². The van der Waals surface area contributed by atoms with Gasteiger partial charge in [-0.15, -0.1) is 0 Å². The van der Waals surface area contributed by atoms with Crippen LogP contribution in [-0.2, 0) is 11.2 Å². The predicted molar refractivity (Wildman–Crippen MR) is 71.3 cm³/mol. The van der Waals surface area contributed by atoms with Crippen LogP contribution in [0.4, 0.5) is 4.79 Å². The monoisotopic (exact) mass is 284 g/mol. The lowest BCUT2D eigenvalue weighted by Crippen LogP contribution is -2.51. The molecule has 0 fully saturated rings. The quantitative estimate of drug-likeness (QED) is 0.442. The summed E-state index contributed by atoms with van der Waals surface area (Å²) in [5.74, 6) is -1.27. The van der Waals surface area contributed by atoms with Gasteiger partial charge < -0.3 is 20.8 Å². The number of carbonyl (C=O) groups is 2. The van der Waals surface area contributed by atoms with E-state index in [1.807, 2.05) is 6.92 Å². The molecule has 2 amide bonds. The summed E-state index contributed by atoms with van der Waals surface area (Å²) >= 11 is 0. The van der Waals surface area contributed by atoms with E-state index in [4.69, 9.17) is 5.11 Å². The second kappa shape index (κ2) is 7.49. The molecule has 0 saturated heterocycles. The van der Waals surface area contributed by atoms with Gasteiger partial charge in [0.05, 0.1) is 12.3 Å². The van der Waals surface area contributed by atoms with E-state index in [1.165, 1.54) is 6.92 Å². The number of carboxylic acids is 1. The summed E-state index contributed by atoms with van der Waals surface area (Å²) in [5.41, 5.74) is 2.08. The highest BCUT2D eigenvalue weighted by Crippen LogP contribution is 2.04. The third-order valence-corrected chi connectivity index (χ3v) is 2.88. The molecule has 5 N–H and O–H groups in total. The van der Waals surface area contributed by atoms with E-state index in [0.717, 1.165) is 17.7 Å². The van der Waals surface area contributed by atoms with E-state index in [-0.39, 0.29) is 0 Å². The number of aliphatic carboxylic acids is 1. The highest BCUT2D eigenvalue weighted by molar-refractivity contribution is 5.82. The number of amides is 2. The topological polar surface area (TPSA) is 127 Å². The van der Waals surface area contributed by atoms with E-state index in [0.29, 0.717) is 13.0 Å². The number of rotatable bonds is 7. The number of aliphatic hydroxyl groups excluding tert-OH is 1. The number of aliphatic hydroxyl groups is 1. The Morgan fingerprint density at radius 1 is 1.50 bits per heavy atom. The Morgan fingerprint density at radius 3 is 2.70 bits per heavy atom. The maximum atomic E-state index is 11.5. The van der Waals surface area contributed by atoms with E-state index < -0.39 is 24.1 Å². The van der Waals surface area contributed by atoms with Crippen molar-refractivity contribution in [1.82, 2.24) is 20.8 Å². The zero-order valence-corrected chi connectivity index (χ0v) is 11.5. The van der Waals surface area contributed by atoms with Crippen molar-refractivity contribution in [3.05, 3.63) is 17.5 Å². The normalized spacial score (nSPS) is 13.6. The highest BCUT2D eigenvalue weighted by atomic mass is 16.4. The van der Waals surface area contributed by atoms with Crippen molar-refractivity contribution in [3.63, 3.8) is 0 Å². The van der Waals surface area contributed by atoms with Gasteiger partial charge in [-0.1, -0.05) is 0 Å². The van der Waals surface area contributed by atoms with E-state index in [9.17, 15) is 14.7 Å². The van der Waals surface area contributed by atoms with Gasteiger partial charge in [0.25, 0.3) is 0 Å². The van der Waals surface area contributed by atoms with Gasteiger partial charge in [0.2, 0.25) is 0 Å². The first-order valence-electron chi connectivity index (χ1n) is 6.36. The summed E-state index contributed by atoms with van der Waals surface area (Å²) in [6, 6.07) is -1.92. The van der Waals surface area contributed by atoms with Gasteiger partial charge in [-0.3, -0.25) is 5.10 Å². The number of aryl methyl sites for hydroxylation is 2. The molecule has 20 heavy (non-hydrogen) atoms. The Balaban J connectivity index is 2.26. The zero-order chi connectivity index (χ0) is 15.1. The molecule has 0 radical (unpaired) electrons. The van der Waals surface area contributed by atoms with Crippen molar-refractivity contribution in [3.8, 4) is 0 Å². The first-order chi connectivity index (χ1) is 9.41. The Bertz CT molecular complexity index is 458. The zero-order valence-electron chi connectivity index (χ0n) is 11.5. The number of H-pyrrole nitrogens is 1. The number of hydrogen-bond acceptors (Lipinski definition) is 4. The Kier molecular flexibility index (Phi) is 5.98. The minimum Gasteiger partial charge on any atom is -0.480 e. The minimum absolute atomic E-state index is 0.405. The molecule has 112 valence electrons. The maximum Gasteiger partial charge on any atom is 0.328 e. The maximum absolute atomic E-state index is 11.5. The summed E-state index contributed by atoms with van der Waals surface area (Å²) in [6.07, 6.45) is 2.05. The smallest absolute Gasteiger partial charge is 0.328 e. The standard InChI is InChI=1S/C12H20N4O4/c1-7-9(6-14-16-7)4-3-5-13-12(20)15-10(8(2)17)11(18)19/h6,8,10,17H,3-5H2,1-2H3,(H,14,16)(H,18,19)(H2,13,15,20)/t8-,10+/m1/s1. The van der Waals surface area contributed by atoms with Crippen LogP contribution in [0.25, 0.3) is 0 Å². The van der Waals surface area contributed by atoms with Crippen LogP contribution in [0.15, 0.2) is 6.20 Å². The molecule has 1 rings (SSSR count). The molecule has 0 aliphatic rings. The van der Waals surface area contributed by atoms with Crippen LogP contribution in [0.3, 0.4) is 0 Å². The molecule has 0 aromatic carbocycles. The van der Waals surface area contributed by atoms with Crippen LogP contribution in [0.5, 0.6) is 0 Å². The van der Waals surface area contributed by atoms with E-state index in [2.05, 4.69) is 20.8 Å². The molecule has 1 aromatic heterocycles. The number of nitrogens with zero attached hydrogens (tertiary/aromatic N) is 1. The average Bonchev–Trinajstić information content (AvgIpc) is 2.76. The second-order valence-corrected chi connectivity index (χ2v) is 4.58. The van der Waals surface area contributed by atoms with Crippen molar-refractivity contribution in [2.45, 2.75) is 38.8 Å². The van der Waals surface area contributed by atoms with Crippen molar-refractivity contribution >= 4 is 12.0 Å². The molecular formula is C12H20N4O4. The van der Waals surface area contributed by atoms with E-state index in [1.54, 1.807) is 6.20 Å². The first kappa shape index (κ1) is 16.0. The van der Waals surface area contributed by atoms with Gasteiger partial charge >= 0.3 is 12.0 Å². The number of hydrogen-bond donors (Lipinski definition) is 5. The van der Waals surface area contributed by atoms with Crippen LogP contribution in [0.2, 0.25) is 0 Å². The lowest BCUT2D eigenvalue weighted by Gasteiger charge is -2.17. The summed E-state index contributed by atoms with van der Waals surface area (Å²) in [4.78, 5) is 22.3. The molecule has 1 aromatic rings. The molecule has 0 bridgehead atoms. The lowest BCUT2D eigenvalue weighted by atomic mass is 10.1. The fourth-order valence-electron chi connectivity index (χ4n) is 1.69. The molecule has 1 heterocycles. The highest BCUT2D eigenvalue weighted by Gasteiger charge is 2.24. The Labute approximate surface area is 116 Å². The summed E-state index contributed by atoms with van der Waals surface area (Å²) in [6.45, 7) is 3.63. The van der Waals surface area contributed by atoms with Crippen LogP contribution >= 0.6 is 0 Å². The number of urea groups is 1. The lowest BCUT2D eigenvalue weighted by molar-refractivity contribution is -0.141. The molecule has 0 unspecified atom stereocenters. The Hall–Kier alpha value is -2.09. The molecule has 8 nitrogen and oxygen atoms in total. The number of aromatic nitrogens is 2. The SMILES string of the molecule is Cc1[nH]ncc1CCCNC(=O)N[C@H](C(=O)O)[C@@H](C)O. The van der Waals surface area contributed by atoms with Crippen molar-refractivity contribution in [2.75, 3.05) is 6.54 Å². The van der Waals surface area contributed by atoms with Gasteiger partial charge in [0.15, 0.2) is 6.04 Å². The van der Waals surface area contributed by atoms with Gasteiger partial charge in [0, 0.05) is 12.2 Å². The second-order valence-electron chi connectivity index (χ2n) is 4.58. The van der Waals surface area contributed by atoms with Crippen LogP contribution in [0, 0.1) is 6.92 Å². The predicted octanol–water partition coefficient (Wildman–Crippen LogP) is -0.216. The number of carbonyl (C=O) groups excluding carboxylic acids is 1. The Morgan fingerprint density at radius 2 is 2.20 bits per heavy atom. The average molecular weight is 284 g/mol. The summed E-state index contributed by atoms with van der Waals surface area (Å²) in [7, 11) is 0. The summed E-state index contributed by atoms with van der Waals surface area (Å²) in [5, 5.41) is 29.5. The number of nitrogens with one attached hydrogen (secondary N) is 3. The fraction of sp³-hybridized carbons (Fsp3) is 0.583. The van der Waals surface area contributed by atoms with Crippen molar-refractivity contribution < 1.29 is 19.8 Å². The minimum atomic E-state index is -1.31. The van der Waals surface area contributed by atoms with Gasteiger partial charge in [-0.25, -0.2) is 9.59 Å². The van der Waals surface area contributed by atoms with Gasteiger partial charge in [-0.2, -0.15) is 5.10 Å². The van der Waals surface area contributed by atoms with Crippen LogP contribution in [0.1, 0.15) is 24.6 Å². The van der Waals surface area contributed by atoms with Gasteiger partial charge in [0.1, 0.15) is 0 Å². The summed E-state index contributed by atoms with van der Waals surface area (Å²) < 4.78 is 0. The molecule has 0 saturated carbocycles. The van der Waals surface area contributed by atoms with Crippen molar-refractivity contribution in [1.29, 1.82) is 0 Å². The van der Waals surface area contributed by atoms with E-state index >= 15 is 0 Å². The third kappa shape index (κ3) is 4.88. The number of aromatic amines is 1. The third-order valence-electron chi connectivity index (χ3n) is 2.88. The molecule has 2 atom stereocenters. The van der Waals surface area contributed by atoms with Crippen LogP contribution < -0.4 is 10.6 Å². The first-order valence-corrected chi connectivity index (χ1v) is 6.36. The van der Waals surface area contributed by atoms with Crippen LogP contribution in [-0.4, -0.2) is 51.1 Å². The molecule has 0 aliphatic heterocycles. The molecule has 8 heteroatoms. The molecule has 0 aliphatic carbocycles. The molecule has 0 spiro atoms. The van der Waals surface area contributed by atoms with Gasteiger partial charge in [-0.05, 0) is 32.3 Å².